The molecule has 3 aromatic rings. The lowest BCUT2D eigenvalue weighted by atomic mass is 10.1. The Kier molecular flexibility index (Phi) is 5.70. The van der Waals surface area contributed by atoms with E-state index in [1.54, 1.807) is 11.8 Å². The largest absolute Gasteiger partial charge is 0.456 e. The quantitative estimate of drug-likeness (QED) is 0.461. The van der Waals surface area contributed by atoms with Crippen LogP contribution in [0.25, 0.3) is 11.0 Å². The van der Waals surface area contributed by atoms with E-state index >= 15 is 0 Å². The van der Waals surface area contributed by atoms with Crippen molar-refractivity contribution in [3.8, 4) is 0 Å². The first-order valence-electron chi connectivity index (χ1n) is 8.67. The minimum absolute atomic E-state index is 0.0382. The summed E-state index contributed by atoms with van der Waals surface area (Å²) in [5.74, 6) is 0.883. The van der Waals surface area contributed by atoms with E-state index in [0.29, 0.717) is 11.3 Å². The molecule has 3 rings (SSSR count). The van der Waals surface area contributed by atoms with Crippen molar-refractivity contribution in [1.29, 1.82) is 0 Å². The third-order valence-electron chi connectivity index (χ3n) is 4.73. The van der Waals surface area contributed by atoms with E-state index in [1.807, 2.05) is 66.6 Å². The number of esters is 1. The maximum atomic E-state index is 12.4. The van der Waals surface area contributed by atoms with Crippen LogP contribution in [0.2, 0.25) is 0 Å². The molecule has 0 bridgehead atoms. The van der Waals surface area contributed by atoms with Gasteiger partial charge in [0.25, 0.3) is 0 Å². The van der Waals surface area contributed by atoms with E-state index in [0.717, 1.165) is 28.2 Å². The number of carbonyl (C=O) groups is 2. The van der Waals surface area contributed by atoms with Crippen LogP contribution in [-0.4, -0.2) is 38.7 Å². The van der Waals surface area contributed by atoms with E-state index < -0.39 is 5.97 Å². The number of thioether (sulfide) groups is 1. The summed E-state index contributed by atoms with van der Waals surface area (Å²) < 4.78 is 9.07. The zero-order valence-electron chi connectivity index (χ0n) is 16.0. The van der Waals surface area contributed by atoms with Crippen molar-refractivity contribution in [1.82, 2.24) is 14.1 Å². The van der Waals surface area contributed by atoms with Crippen LogP contribution in [0.1, 0.15) is 27.6 Å². The Hall–Kier alpha value is -2.54. The average Bonchev–Trinajstić information content (AvgIpc) is 3.12. The Balaban J connectivity index is 1.71. The monoisotopic (exact) mass is 385 g/mol. The molecule has 0 spiro atoms. The standard InChI is InChI=1S/C20H23N3O3S/c1-13-9-15(14(2)22(13)3)18(24)11-26-20(25)10-23-17-8-6-5-7-16(17)21-19(23)12-27-4/h5-9H,10-12H2,1-4H3. The highest BCUT2D eigenvalue weighted by Crippen LogP contribution is 2.19. The van der Waals surface area contributed by atoms with E-state index in [4.69, 9.17) is 4.74 Å². The van der Waals surface area contributed by atoms with Crippen LogP contribution in [-0.2, 0) is 28.9 Å². The molecule has 27 heavy (non-hydrogen) atoms. The van der Waals surface area contributed by atoms with Gasteiger partial charge in [-0.3, -0.25) is 9.59 Å². The molecule has 0 saturated heterocycles. The fourth-order valence-electron chi connectivity index (χ4n) is 3.08. The number of imidazole rings is 1. The molecule has 0 unspecified atom stereocenters. The number of ether oxygens (including phenoxy) is 1. The van der Waals surface area contributed by atoms with Gasteiger partial charge in [-0.05, 0) is 38.3 Å². The first-order chi connectivity index (χ1) is 12.9. The fourth-order valence-corrected chi connectivity index (χ4v) is 3.56. The molecule has 2 aromatic heterocycles. The molecule has 0 atom stereocenters. The number of carbonyl (C=O) groups excluding carboxylic acids is 2. The average molecular weight is 385 g/mol. The Morgan fingerprint density at radius 3 is 2.63 bits per heavy atom. The summed E-state index contributed by atoms with van der Waals surface area (Å²) in [5.41, 5.74) is 4.20. The van der Waals surface area contributed by atoms with Gasteiger partial charge >= 0.3 is 5.97 Å². The first-order valence-corrected chi connectivity index (χ1v) is 10.1. The zero-order valence-corrected chi connectivity index (χ0v) is 16.8. The highest BCUT2D eigenvalue weighted by atomic mass is 32.2. The van der Waals surface area contributed by atoms with Gasteiger partial charge in [0.15, 0.2) is 6.61 Å². The van der Waals surface area contributed by atoms with Gasteiger partial charge in [0.2, 0.25) is 5.78 Å². The van der Waals surface area contributed by atoms with Crippen molar-refractivity contribution in [3.63, 3.8) is 0 Å². The van der Waals surface area contributed by atoms with Crippen molar-refractivity contribution >= 4 is 34.5 Å². The smallest absolute Gasteiger partial charge is 0.326 e. The summed E-state index contributed by atoms with van der Waals surface area (Å²) in [5, 5.41) is 0. The van der Waals surface area contributed by atoms with E-state index in [9.17, 15) is 9.59 Å². The van der Waals surface area contributed by atoms with Gasteiger partial charge in [0.1, 0.15) is 12.4 Å². The van der Waals surface area contributed by atoms with Gasteiger partial charge in [-0.2, -0.15) is 11.8 Å². The summed E-state index contributed by atoms with van der Waals surface area (Å²) in [6.45, 7) is 3.60. The topological polar surface area (TPSA) is 66.1 Å². The van der Waals surface area contributed by atoms with Crippen molar-refractivity contribution < 1.29 is 14.3 Å². The molecule has 0 amide bonds. The third kappa shape index (κ3) is 3.93. The Morgan fingerprint density at radius 2 is 1.96 bits per heavy atom. The molecule has 0 aliphatic heterocycles. The highest BCUT2D eigenvalue weighted by molar-refractivity contribution is 7.97. The molecule has 7 heteroatoms. The summed E-state index contributed by atoms with van der Waals surface area (Å²) in [6, 6.07) is 9.51. The van der Waals surface area contributed by atoms with Gasteiger partial charge in [0, 0.05) is 24.0 Å². The lowest BCUT2D eigenvalue weighted by Crippen LogP contribution is -2.19. The Labute approximate surface area is 162 Å². The second-order valence-electron chi connectivity index (χ2n) is 6.46. The number of hydrogen-bond acceptors (Lipinski definition) is 5. The number of aryl methyl sites for hydroxylation is 1. The predicted octanol–water partition coefficient (Wildman–Crippen LogP) is 3.28. The van der Waals surface area contributed by atoms with E-state index in [-0.39, 0.29) is 18.9 Å². The van der Waals surface area contributed by atoms with Crippen LogP contribution in [0, 0.1) is 13.8 Å². The maximum Gasteiger partial charge on any atom is 0.326 e. The number of ketones is 1. The second-order valence-corrected chi connectivity index (χ2v) is 7.33. The van der Waals surface area contributed by atoms with Crippen LogP contribution in [0.3, 0.4) is 0 Å². The number of para-hydroxylation sites is 2. The van der Waals surface area contributed by atoms with Crippen LogP contribution < -0.4 is 0 Å². The third-order valence-corrected chi connectivity index (χ3v) is 5.28. The summed E-state index contributed by atoms with van der Waals surface area (Å²) in [6.07, 6.45) is 1.99. The highest BCUT2D eigenvalue weighted by Gasteiger charge is 2.18. The number of rotatable bonds is 7. The number of fused-ring (bicyclic) bond motifs is 1. The molecule has 142 valence electrons. The van der Waals surface area contributed by atoms with E-state index in [2.05, 4.69) is 4.98 Å². The van der Waals surface area contributed by atoms with Crippen molar-refractivity contribution in [2.75, 3.05) is 12.9 Å². The first kappa shape index (κ1) is 19.2. The SMILES string of the molecule is CSCc1nc2ccccc2n1CC(=O)OCC(=O)c1cc(C)n(C)c1C. The van der Waals surface area contributed by atoms with Gasteiger partial charge in [-0.15, -0.1) is 0 Å². The molecule has 1 aromatic carbocycles. The molecule has 0 aliphatic rings. The van der Waals surface area contributed by atoms with Gasteiger partial charge in [0.05, 0.1) is 16.8 Å². The summed E-state index contributed by atoms with van der Waals surface area (Å²) >= 11 is 1.64. The number of benzene rings is 1. The van der Waals surface area contributed by atoms with Crippen LogP contribution in [0.4, 0.5) is 0 Å². The fraction of sp³-hybridized carbons (Fsp3) is 0.350. The van der Waals surface area contributed by atoms with Crippen LogP contribution in [0.15, 0.2) is 30.3 Å². The minimum atomic E-state index is -0.445. The van der Waals surface area contributed by atoms with Crippen LogP contribution in [0.5, 0.6) is 0 Å². The molecular formula is C20H23N3O3S. The molecule has 2 heterocycles. The predicted molar refractivity (Wildman–Crippen MR) is 107 cm³/mol. The molecule has 6 nitrogen and oxygen atoms in total. The molecule has 0 N–H and O–H groups in total. The van der Waals surface area contributed by atoms with Gasteiger partial charge in [-0.25, -0.2) is 4.98 Å². The lowest BCUT2D eigenvalue weighted by Gasteiger charge is -2.09. The molecular weight excluding hydrogens is 362 g/mol. The van der Waals surface area contributed by atoms with Crippen molar-refractivity contribution in [2.45, 2.75) is 26.1 Å². The van der Waals surface area contributed by atoms with Crippen molar-refractivity contribution in [2.24, 2.45) is 7.05 Å². The molecule has 0 aliphatic carbocycles. The number of nitrogens with zero attached hydrogens (tertiary/aromatic N) is 3. The number of aromatic nitrogens is 3. The van der Waals surface area contributed by atoms with Crippen LogP contribution >= 0.6 is 11.8 Å². The summed E-state index contributed by atoms with van der Waals surface area (Å²) in [4.78, 5) is 29.4. The second kappa shape index (κ2) is 8.00. The van der Waals surface area contributed by atoms with Gasteiger partial charge < -0.3 is 13.9 Å². The normalized spacial score (nSPS) is 11.1. The summed E-state index contributed by atoms with van der Waals surface area (Å²) in [7, 11) is 1.91. The Bertz CT molecular complexity index is 1000. The lowest BCUT2D eigenvalue weighted by molar-refractivity contribution is -0.143. The Morgan fingerprint density at radius 1 is 1.22 bits per heavy atom. The number of Topliss-reactive ketones (excluding diaryl/α,β-unsaturated/α-hetero) is 1. The van der Waals surface area contributed by atoms with E-state index in [1.165, 1.54) is 0 Å². The maximum absolute atomic E-state index is 12.4. The minimum Gasteiger partial charge on any atom is -0.456 e. The molecule has 0 radical (unpaired) electrons. The van der Waals surface area contributed by atoms with Crippen molar-refractivity contribution in [3.05, 3.63) is 53.1 Å². The molecule has 0 fully saturated rings. The zero-order chi connectivity index (χ0) is 19.6. The molecule has 0 saturated carbocycles. The van der Waals surface area contributed by atoms with Gasteiger partial charge in [-0.1, -0.05) is 12.1 Å². The number of hydrogen-bond donors (Lipinski definition) is 0.